The van der Waals surface area contributed by atoms with Gasteiger partial charge in [0.25, 0.3) is 5.91 Å². The number of carbonyl (C=O) groups excluding carboxylic acids is 2. The van der Waals surface area contributed by atoms with Gasteiger partial charge in [0, 0.05) is 42.3 Å². The van der Waals surface area contributed by atoms with Gasteiger partial charge < -0.3 is 16.0 Å². The number of carbonyl (C=O) groups is 2. The van der Waals surface area contributed by atoms with Gasteiger partial charge in [0.05, 0.1) is 5.57 Å². The number of nitrogens with one attached hydrogen (secondary N) is 4. The first-order valence-corrected chi connectivity index (χ1v) is 8.86. The van der Waals surface area contributed by atoms with Crippen LogP contribution in [0.4, 0.5) is 17.2 Å². The summed E-state index contributed by atoms with van der Waals surface area (Å²) in [5.41, 5.74) is 5.11. The molecular formula is C21H19N5O2. The molecule has 0 spiro atoms. The highest BCUT2D eigenvalue weighted by Gasteiger charge is 2.24. The Kier molecular flexibility index (Phi) is 4.63. The Hall–Kier alpha value is -3.87. The van der Waals surface area contributed by atoms with E-state index in [9.17, 15) is 9.59 Å². The van der Waals surface area contributed by atoms with Gasteiger partial charge in [-0.1, -0.05) is 18.2 Å². The first kappa shape index (κ1) is 17.5. The van der Waals surface area contributed by atoms with Crippen molar-refractivity contribution in [3.8, 4) is 0 Å². The van der Waals surface area contributed by atoms with Crippen LogP contribution in [0.2, 0.25) is 0 Å². The maximum Gasteiger partial charge on any atom is 0.257 e. The molecule has 2 heterocycles. The Morgan fingerprint density at radius 2 is 2.00 bits per heavy atom. The molecule has 0 fully saturated rings. The third-order valence-corrected chi connectivity index (χ3v) is 4.39. The van der Waals surface area contributed by atoms with E-state index >= 15 is 0 Å². The van der Waals surface area contributed by atoms with Crippen LogP contribution in [0.15, 0.2) is 60.9 Å². The lowest BCUT2D eigenvalue weighted by atomic mass is 9.99. The minimum Gasteiger partial charge on any atom is -0.344 e. The van der Waals surface area contributed by atoms with Gasteiger partial charge in [0.1, 0.15) is 0 Å². The van der Waals surface area contributed by atoms with E-state index in [4.69, 9.17) is 0 Å². The summed E-state index contributed by atoms with van der Waals surface area (Å²) >= 11 is 0. The summed E-state index contributed by atoms with van der Waals surface area (Å²) in [4.78, 5) is 23.6. The standard InChI is InChI=1S/C21H19N5O2/c1-13(27)24-16-4-2-3-14(10-16)9-15-5-6-19-17(11-15)18(21(28)25-19)12-22-20-7-8-23-26-20/h2-8,10-12H,9H2,1H3,(H,24,27)(H,25,28)(H2,22,23,26)/b18-12-. The number of hydrogen-bond donors (Lipinski definition) is 4. The summed E-state index contributed by atoms with van der Waals surface area (Å²) < 4.78 is 0. The number of fused-ring (bicyclic) bond motifs is 1. The molecular weight excluding hydrogens is 354 g/mol. The van der Waals surface area contributed by atoms with Crippen molar-refractivity contribution in [1.82, 2.24) is 10.2 Å². The van der Waals surface area contributed by atoms with Crippen molar-refractivity contribution in [2.45, 2.75) is 13.3 Å². The normalized spacial score (nSPS) is 13.9. The molecule has 7 heteroatoms. The highest BCUT2D eigenvalue weighted by Crippen LogP contribution is 2.33. The first-order chi connectivity index (χ1) is 13.6. The van der Waals surface area contributed by atoms with Crippen LogP contribution in [0, 0.1) is 0 Å². The molecule has 1 aliphatic rings. The fourth-order valence-electron chi connectivity index (χ4n) is 3.17. The topological polar surface area (TPSA) is 98.9 Å². The molecule has 4 rings (SSSR count). The molecule has 3 aromatic rings. The molecule has 4 N–H and O–H groups in total. The Morgan fingerprint density at radius 3 is 2.79 bits per heavy atom. The van der Waals surface area contributed by atoms with E-state index in [1.165, 1.54) is 6.92 Å². The zero-order valence-electron chi connectivity index (χ0n) is 15.2. The van der Waals surface area contributed by atoms with Crippen LogP contribution >= 0.6 is 0 Å². The van der Waals surface area contributed by atoms with Gasteiger partial charge >= 0.3 is 0 Å². The van der Waals surface area contributed by atoms with Crippen molar-refractivity contribution < 1.29 is 9.59 Å². The van der Waals surface area contributed by atoms with Crippen molar-refractivity contribution in [2.75, 3.05) is 16.0 Å². The predicted octanol–water partition coefficient (Wildman–Crippen LogP) is 3.36. The van der Waals surface area contributed by atoms with Crippen LogP contribution in [0.1, 0.15) is 23.6 Å². The maximum absolute atomic E-state index is 12.3. The third kappa shape index (κ3) is 3.78. The number of H-pyrrole nitrogens is 1. The Labute approximate surface area is 161 Å². The minimum absolute atomic E-state index is 0.0986. The van der Waals surface area contributed by atoms with Crippen LogP contribution in [0.3, 0.4) is 0 Å². The summed E-state index contributed by atoms with van der Waals surface area (Å²) in [6.07, 6.45) is 4.06. The maximum atomic E-state index is 12.3. The zero-order chi connectivity index (χ0) is 19.5. The molecule has 28 heavy (non-hydrogen) atoms. The average molecular weight is 373 g/mol. The SMILES string of the molecule is CC(=O)Nc1cccc(Cc2ccc3c(c2)/C(=C/Nc2cc[nH]n2)C(=O)N3)c1. The van der Waals surface area contributed by atoms with Crippen LogP contribution in [-0.2, 0) is 16.0 Å². The molecule has 140 valence electrons. The summed E-state index contributed by atoms with van der Waals surface area (Å²) in [6.45, 7) is 1.49. The molecule has 1 aromatic heterocycles. The van der Waals surface area contributed by atoms with Crippen LogP contribution in [0.25, 0.3) is 5.57 Å². The summed E-state index contributed by atoms with van der Waals surface area (Å²) in [7, 11) is 0. The molecule has 0 aliphatic carbocycles. The highest BCUT2D eigenvalue weighted by molar-refractivity contribution is 6.31. The number of nitrogens with zero attached hydrogens (tertiary/aromatic N) is 1. The molecule has 7 nitrogen and oxygen atoms in total. The van der Waals surface area contributed by atoms with Gasteiger partial charge in [-0.05, 0) is 41.8 Å². The minimum atomic E-state index is -0.150. The van der Waals surface area contributed by atoms with E-state index in [0.717, 1.165) is 28.1 Å². The highest BCUT2D eigenvalue weighted by atomic mass is 16.2. The molecule has 0 radical (unpaired) electrons. The molecule has 0 saturated carbocycles. The molecule has 0 bridgehead atoms. The predicted molar refractivity (Wildman–Crippen MR) is 109 cm³/mol. The molecule has 0 atom stereocenters. The molecule has 2 aromatic carbocycles. The van der Waals surface area contributed by atoms with Gasteiger partial charge in [-0.2, -0.15) is 5.10 Å². The van der Waals surface area contributed by atoms with Crippen molar-refractivity contribution in [1.29, 1.82) is 0 Å². The quantitative estimate of drug-likeness (QED) is 0.515. The third-order valence-electron chi connectivity index (χ3n) is 4.39. The van der Waals surface area contributed by atoms with Crippen LogP contribution < -0.4 is 16.0 Å². The van der Waals surface area contributed by atoms with Gasteiger partial charge in [-0.3, -0.25) is 14.7 Å². The zero-order valence-corrected chi connectivity index (χ0v) is 15.2. The number of aromatic amines is 1. The fourth-order valence-corrected chi connectivity index (χ4v) is 3.17. The van der Waals surface area contributed by atoms with Gasteiger partial charge in [0.15, 0.2) is 5.82 Å². The van der Waals surface area contributed by atoms with Gasteiger partial charge in [-0.25, -0.2) is 0 Å². The summed E-state index contributed by atoms with van der Waals surface area (Å²) in [5.74, 6) is 0.390. The van der Waals surface area contributed by atoms with Gasteiger partial charge in [0.2, 0.25) is 5.91 Å². The number of anilines is 3. The summed E-state index contributed by atoms with van der Waals surface area (Å²) in [6, 6.07) is 15.4. The lowest BCUT2D eigenvalue weighted by Gasteiger charge is -2.08. The second-order valence-corrected chi connectivity index (χ2v) is 6.55. The van der Waals surface area contributed by atoms with Crippen molar-refractivity contribution in [3.05, 3.63) is 77.6 Å². The molecule has 2 amide bonds. The second kappa shape index (κ2) is 7.40. The van der Waals surface area contributed by atoms with Gasteiger partial charge in [-0.15, -0.1) is 0 Å². The molecule has 1 aliphatic heterocycles. The second-order valence-electron chi connectivity index (χ2n) is 6.55. The van der Waals surface area contributed by atoms with E-state index in [2.05, 4.69) is 26.1 Å². The first-order valence-electron chi connectivity index (χ1n) is 8.86. The molecule has 0 saturated heterocycles. The number of amides is 2. The number of aromatic nitrogens is 2. The van der Waals surface area contributed by atoms with Crippen LogP contribution in [-0.4, -0.2) is 22.0 Å². The largest absolute Gasteiger partial charge is 0.344 e. The Morgan fingerprint density at radius 1 is 1.14 bits per heavy atom. The number of benzene rings is 2. The van der Waals surface area contributed by atoms with Crippen LogP contribution in [0.5, 0.6) is 0 Å². The van der Waals surface area contributed by atoms with Crippen molar-refractivity contribution in [3.63, 3.8) is 0 Å². The monoisotopic (exact) mass is 373 g/mol. The average Bonchev–Trinajstić information content (AvgIpc) is 3.27. The van der Waals surface area contributed by atoms with E-state index in [1.54, 1.807) is 18.5 Å². The number of hydrogen-bond acceptors (Lipinski definition) is 4. The fraction of sp³-hybridized carbons (Fsp3) is 0.0952. The van der Waals surface area contributed by atoms with Crippen molar-refractivity contribution >= 4 is 34.6 Å². The lowest BCUT2D eigenvalue weighted by Crippen LogP contribution is -2.05. The van der Waals surface area contributed by atoms with E-state index in [-0.39, 0.29) is 11.8 Å². The Balaban J connectivity index is 1.58. The lowest BCUT2D eigenvalue weighted by molar-refractivity contribution is -0.114. The van der Waals surface area contributed by atoms with E-state index < -0.39 is 0 Å². The smallest absolute Gasteiger partial charge is 0.257 e. The summed E-state index contributed by atoms with van der Waals surface area (Å²) in [5, 5.41) is 15.4. The number of rotatable bonds is 5. The molecule has 0 unspecified atom stereocenters. The van der Waals surface area contributed by atoms with Crippen molar-refractivity contribution in [2.24, 2.45) is 0 Å². The van der Waals surface area contributed by atoms with E-state index in [0.29, 0.717) is 17.8 Å². The van der Waals surface area contributed by atoms with E-state index in [1.807, 2.05) is 42.5 Å². The Bertz CT molecular complexity index is 1070.